The molecule has 114 valence electrons. The number of Topliss-reactive ketones (excluding diaryl/α,β-unsaturated/α-hetero) is 1. The molecule has 2 aliphatic rings. The third kappa shape index (κ3) is 3.93. The van der Waals surface area contributed by atoms with Crippen molar-refractivity contribution in [1.82, 2.24) is 9.80 Å². The number of hydrogen-bond donors (Lipinski definition) is 0. The molecule has 0 bridgehead atoms. The summed E-state index contributed by atoms with van der Waals surface area (Å²) in [5.74, 6) is 0.232. The third-order valence-corrected chi connectivity index (χ3v) is 5.16. The molecule has 4 heteroatoms. The van der Waals surface area contributed by atoms with Gasteiger partial charge in [-0.1, -0.05) is 34.5 Å². The number of halogens is 1. The first-order chi connectivity index (χ1) is 10.2. The van der Waals surface area contributed by atoms with E-state index in [0.717, 1.165) is 23.1 Å². The molecule has 3 nitrogen and oxygen atoms in total. The molecule has 0 N–H and O–H groups in total. The summed E-state index contributed by atoms with van der Waals surface area (Å²) >= 11 is 3.43. The standard InChI is InChI=1S/C17H23BrN2O/c18-15-6-4-5-14(11-15)17(21)13-19-10-7-16(12-19)20-8-2-1-3-9-20/h4-6,11,16H,1-3,7-10,12-13H2. The highest BCUT2D eigenvalue weighted by Gasteiger charge is 2.29. The molecule has 0 spiro atoms. The highest BCUT2D eigenvalue weighted by molar-refractivity contribution is 9.10. The van der Waals surface area contributed by atoms with Gasteiger partial charge in [-0.2, -0.15) is 0 Å². The summed E-state index contributed by atoms with van der Waals surface area (Å²) in [7, 11) is 0. The smallest absolute Gasteiger partial charge is 0.176 e. The van der Waals surface area contributed by atoms with Crippen LogP contribution in [-0.2, 0) is 0 Å². The van der Waals surface area contributed by atoms with Crippen LogP contribution in [0.15, 0.2) is 28.7 Å². The van der Waals surface area contributed by atoms with Gasteiger partial charge in [0.2, 0.25) is 0 Å². The first-order valence-electron chi connectivity index (χ1n) is 7.97. The molecule has 2 fully saturated rings. The number of likely N-dealkylation sites (tertiary alicyclic amines) is 2. The SMILES string of the molecule is O=C(CN1CCC(N2CCCCC2)C1)c1cccc(Br)c1. The van der Waals surface area contributed by atoms with Gasteiger partial charge in [-0.15, -0.1) is 0 Å². The monoisotopic (exact) mass is 350 g/mol. The van der Waals surface area contributed by atoms with Crippen LogP contribution in [0.1, 0.15) is 36.0 Å². The van der Waals surface area contributed by atoms with Crippen LogP contribution in [0, 0.1) is 0 Å². The van der Waals surface area contributed by atoms with Crippen molar-refractivity contribution in [3.63, 3.8) is 0 Å². The minimum atomic E-state index is 0.232. The summed E-state index contributed by atoms with van der Waals surface area (Å²) < 4.78 is 0.973. The summed E-state index contributed by atoms with van der Waals surface area (Å²) in [6, 6.07) is 8.38. The molecule has 0 radical (unpaired) electrons. The van der Waals surface area contributed by atoms with Crippen LogP contribution in [0.2, 0.25) is 0 Å². The molecule has 1 aromatic rings. The molecule has 1 unspecified atom stereocenters. The third-order valence-electron chi connectivity index (χ3n) is 4.67. The molecule has 3 rings (SSSR count). The largest absolute Gasteiger partial charge is 0.299 e. The van der Waals surface area contributed by atoms with Crippen molar-refractivity contribution in [2.24, 2.45) is 0 Å². The Morgan fingerprint density at radius 3 is 2.76 bits per heavy atom. The maximum absolute atomic E-state index is 12.4. The number of piperidine rings is 1. The lowest BCUT2D eigenvalue weighted by molar-refractivity contribution is 0.0936. The molecule has 1 aromatic carbocycles. The minimum absolute atomic E-state index is 0.232. The van der Waals surface area contributed by atoms with Gasteiger partial charge in [0.15, 0.2) is 5.78 Å². The van der Waals surface area contributed by atoms with E-state index >= 15 is 0 Å². The average Bonchev–Trinajstić information content (AvgIpc) is 2.97. The fourth-order valence-electron chi connectivity index (χ4n) is 3.49. The van der Waals surface area contributed by atoms with Crippen LogP contribution in [0.5, 0.6) is 0 Å². The van der Waals surface area contributed by atoms with Crippen molar-refractivity contribution in [2.75, 3.05) is 32.7 Å². The van der Waals surface area contributed by atoms with Gasteiger partial charge in [0.05, 0.1) is 6.54 Å². The summed E-state index contributed by atoms with van der Waals surface area (Å²) in [4.78, 5) is 17.3. The Morgan fingerprint density at radius 1 is 1.19 bits per heavy atom. The number of benzene rings is 1. The van der Waals surface area contributed by atoms with Crippen molar-refractivity contribution in [2.45, 2.75) is 31.7 Å². The van der Waals surface area contributed by atoms with Crippen molar-refractivity contribution in [3.05, 3.63) is 34.3 Å². The van der Waals surface area contributed by atoms with Gasteiger partial charge in [-0.3, -0.25) is 14.6 Å². The Balaban J connectivity index is 1.53. The van der Waals surface area contributed by atoms with Crippen LogP contribution < -0.4 is 0 Å². The van der Waals surface area contributed by atoms with Crippen LogP contribution in [-0.4, -0.2) is 54.3 Å². The Bertz CT molecular complexity index is 499. The maximum Gasteiger partial charge on any atom is 0.176 e. The molecule has 2 heterocycles. The number of rotatable bonds is 4. The average molecular weight is 351 g/mol. The molecule has 2 aliphatic heterocycles. The zero-order valence-corrected chi connectivity index (χ0v) is 14.0. The zero-order chi connectivity index (χ0) is 14.7. The molecular formula is C17H23BrN2O. The topological polar surface area (TPSA) is 23.6 Å². The van der Waals surface area contributed by atoms with Gasteiger partial charge in [-0.25, -0.2) is 0 Å². The zero-order valence-electron chi connectivity index (χ0n) is 12.4. The van der Waals surface area contributed by atoms with E-state index in [1.165, 1.54) is 38.8 Å². The summed E-state index contributed by atoms with van der Waals surface area (Å²) in [6.07, 6.45) is 5.28. The highest BCUT2D eigenvalue weighted by Crippen LogP contribution is 2.20. The Hall–Kier alpha value is -0.710. The van der Waals surface area contributed by atoms with Crippen molar-refractivity contribution in [3.8, 4) is 0 Å². The number of carbonyl (C=O) groups excluding carboxylic acids is 1. The first kappa shape index (κ1) is 15.2. The van der Waals surface area contributed by atoms with E-state index < -0.39 is 0 Å². The highest BCUT2D eigenvalue weighted by atomic mass is 79.9. The fraction of sp³-hybridized carbons (Fsp3) is 0.588. The Morgan fingerprint density at radius 2 is 2.00 bits per heavy atom. The number of ketones is 1. The van der Waals surface area contributed by atoms with Gasteiger partial charge in [-0.05, 0) is 44.5 Å². The second-order valence-electron chi connectivity index (χ2n) is 6.21. The van der Waals surface area contributed by atoms with Gasteiger partial charge >= 0.3 is 0 Å². The van der Waals surface area contributed by atoms with E-state index in [0.29, 0.717) is 12.6 Å². The molecule has 0 amide bonds. The van der Waals surface area contributed by atoms with Gasteiger partial charge < -0.3 is 0 Å². The summed E-state index contributed by atoms with van der Waals surface area (Å²) in [6.45, 7) is 5.16. The molecule has 0 aromatic heterocycles. The second kappa shape index (κ2) is 7.03. The van der Waals surface area contributed by atoms with Crippen LogP contribution in [0.4, 0.5) is 0 Å². The molecule has 21 heavy (non-hydrogen) atoms. The lowest BCUT2D eigenvalue weighted by Crippen LogP contribution is -2.41. The van der Waals surface area contributed by atoms with E-state index in [1.807, 2.05) is 24.3 Å². The summed E-state index contributed by atoms with van der Waals surface area (Å²) in [5, 5.41) is 0. The van der Waals surface area contributed by atoms with E-state index in [9.17, 15) is 4.79 Å². The van der Waals surface area contributed by atoms with E-state index in [1.54, 1.807) is 0 Å². The number of carbonyl (C=O) groups is 1. The number of hydrogen-bond acceptors (Lipinski definition) is 3. The lowest BCUT2D eigenvalue weighted by Gasteiger charge is -2.32. The second-order valence-corrected chi connectivity index (χ2v) is 7.12. The van der Waals surface area contributed by atoms with E-state index in [2.05, 4.69) is 25.7 Å². The maximum atomic E-state index is 12.4. The first-order valence-corrected chi connectivity index (χ1v) is 8.77. The number of nitrogens with zero attached hydrogens (tertiary/aromatic N) is 2. The van der Waals surface area contributed by atoms with E-state index in [4.69, 9.17) is 0 Å². The molecule has 0 aliphatic carbocycles. The Kier molecular flexibility index (Phi) is 5.09. The molecule has 1 atom stereocenters. The predicted molar refractivity (Wildman–Crippen MR) is 88.7 cm³/mol. The van der Waals surface area contributed by atoms with Gasteiger partial charge in [0.1, 0.15) is 0 Å². The Labute approximate surface area is 135 Å². The predicted octanol–water partition coefficient (Wildman–Crippen LogP) is 3.19. The van der Waals surface area contributed by atoms with Crippen LogP contribution in [0.25, 0.3) is 0 Å². The van der Waals surface area contributed by atoms with Crippen LogP contribution in [0.3, 0.4) is 0 Å². The van der Waals surface area contributed by atoms with Gasteiger partial charge in [0.25, 0.3) is 0 Å². The molecule has 2 saturated heterocycles. The van der Waals surface area contributed by atoms with Crippen molar-refractivity contribution >= 4 is 21.7 Å². The fourth-order valence-corrected chi connectivity index (χ4v) is 3.89. The summed E-state index contributed by atoms with van der Waals surface area (Å²) in [5.41, 5.74) is 0.811. The van der Waals surface area contributed by atoms with Crippen LogP contribution >= 0.6 is 15.9 Å². The van der Waals surface area contributed by atoms with Crippen molar-refractivity contribution < 1.29 is 4.79 Å². The lowest BCUT2D eigenvalue weighted by atomic mass is 10.1. The quantitative estimate of drug-likeness (QED) is 0.779. The van der Waals surface area contributed by atoms with Crippen molar-refractivity contribution in [1.29, 1.82) is 0 Å². The van der Waals surface area contributed by atoms with E-state index in [-0.39, 0.29) is 5.78 Å². The normalized spacial score (nSPS) is 24.3. The minimum Gasteiger partial charge on any atom is -0.299 e. The van der Waals surface area contributed by atoms with Gasteiger partial charge in [0, 0.05) is 29.2 Å². The molecular weight excluding hydrogens is 328 g/mol. The molecule has 0 saturated carbocycles.